The lowest BCUT2D eigenvalue weighted by Crippen LogP contribution is -2.18. The lowest BCUT2D eigenvalue weighted by Gasteiger charge is -2.24. The molecule has 0 aromatic heterocycles. The van der Waals surface area contributed by atoms with Gasteiger partial charge in [0, 0.05) is 6.42 Å². The van der Waals surface area contributed by atoms with Crippen molar-refractivity contribution in [1.82, 2.24) is 0 Å². The molecule has 0 bridgehead atoms. The molecule has 6 heteroatoms. The van der Waals surface area contributed by atoms with Crippen molar-refractivity contribution in [3.05, 3.63) is 83.9 Å². The average Bonchev–Trinajstić information content (AvgIpc) is 3.56. The molecule has 3 aliphatic heterocycles. The lowest BCUT2D eigenvalue weighted by molar-refractivity contribution is 0.173. The molecule has 0 spiro atoms. The molecule has 0 radical (unpaired) electrons. The van der Waals surface area contributed by atoms with Crippen molar-refractivity contribution in [3.63, 3.8) is 0 Å². The van der Waals surface area contributed by atoms with Crippen molar-refractivity contribution in [2.45, 2.75) is 12.5 Å². The van der Waals surface area contributed by atoms with E-state index in [0.717, 1.165) is 51.9 Å². The van der Waals surface area contributed by atoms with Crippen LogP contribution in [0.15, 0.2) is 77.9 Å². The minimum Gasteiger partial charge on any atom is -0.454 e. The van der Waals surface area contributed by atoms with Crippen LogP contribution in [0.2, 0.25) is 0 Å². The van der Waals surface area contributed by atoms with E-state index < -0.39 is 0 Å². The molecule has 3 heterocycles. The van der Waals surface area contributed by atoms with Crippen molar-refractivity contribution >= 4 is 17.5 Å². The van der Waals surface area contributed by atoms with E-state index in [4.69, 9.17) is 24.0 Å². The van der Waals surface area contributed by atoms with Gasteiger partial charge in [-0.25, -0.2) is 0 Å². The first-order valence-corrected chi connectivity index (χ1v) is 10.2. The van der Waals surface area contributed by atoms with E-state index in [9.17, 15) is 0 Å². The van der Waals surface area contributed by atoms with Crippen molar-refractivity contribution in [3.8, 4) is 23.0 Å². The monoisotopic (exact) mass is 412 g/mol. The molecule has 3 aromatic rings. The van der Waals surface area contributed by atoms with Gasteiger partial charge in [0.25, 0.3) is 0 Å². The maximum Gasteiger partial charge on any atom is 0.231 e. The smallest absolute Gasteiger partial charge is 0.231 e. The normalized spacial score (nSPS) is 18.6. The lowest BCUT2D eigenvalue weighted by atomic mass is 10.00. The zero-order valence-electron chi connectivity index (χ0n) is 16.7. The molecule has 6 nitrogen and oxygen atoms in total. The Hall–Kier alpha value is -3.93. The van der Waals surface area contributed by atoms with E-state index in [1.807, 2.05) is 42.5 Å². The summed E-state index contributed by atoms with van der Waals surface area (Å²) in [6.45, 7) is 0.546. The number of hydrogen-bond acceptors (Lipinski definition) is 6. The van der Waals surface area contributed by atoms with Gasteiger partial charge in [-0.15, -0.1) is 0 Å². The number of nitrogens with zero attached hydrogens (tertiary/aromatic N) is 2. The Bertz CT molecular complexity index is 1190. The highest BCUT2D eigenvalue weighted by molar-refractivity contribution is 6.01. The van der Waals surface area contributed by atoms with Crippen LogP contribution in [0.5, 0.6) is 23.0 Å². The van der Waals surface area contributed by atoms with Gasteiger partial charge >= 0.3 is 0 Å². The van der Waals surface area contributed by atoms with Crippen LogP contribution >= 0.6 is 0 Å². The summed E-state index contributed by atoms with van der Waals surface area (Å²) in [6.07, 6.45) is 4.92. The predicted molar refractivity (Wildman–Crippen MR) is 118 cm³/mol. The maximum absolute atomic E-state index is 5.59. The second-order valence-corrected chi connectivity index (χ2v) is 7.55. The Balaban J connectivity index is 1.30. The molecular formula is C25H20N2O4. The molecule has 0 N–H and O–H groups in total. The molecule has 0 saturated heterocycles. The number of anilines is 1. The van der Waals surface area contributed by atoms with Crippen LogP contribution in [-0.4, -0.2) is 19.3 Å². The molecule has 0 amide bonds. The summed E-state index contributed by atoms with van der Waals surface area (Å²) in [7, 11) is 0. The fourth-order valence-electron chi connectivity index (χ4n) is 4.04. The highest BCUT2D eigenvalue weighted by atomic mass is 16.7. The number of allylic oxidation sites excluding steroid dienone is 1. The van der Waals surface area contributed by atoms with Crippen LogP contribution in [-0.2, 0) is 0 Å². The van der Waals surface area contributed by atoms with E-state index in [1.54, 1.807) is 0 Å². The number of hydrogen-bond donors (Lipinski definition) is 0. The quantitative estimate of drug-likeness (QED) is 0.592. The molecule has 0 aliphatic carbocycles. The molecule has 6 rings (SSSR count). The summed E-state index contributed by atoms with van der Waals surface area (Å²) in [5.41, 5.74) is 4.24. The standard InChI is InChI=1S/C25H20N2O4/c1-2-4-20(5-3-1)27-21(18-8-11-23-25(13-18)31-16-29-23)14-19(26-27)9-6-17-7-10-22-24(12-17)30-15-28-22/h1-13,21H,14-16H2/b9-6+. The summed E-state index contributed by atoms with van der Waals surface area (Å²) in [5, 5.41) is 7.01. The third-order valence-corrected chi connectivity index (χ3v) is 5.60. The van der Waals surface area contributed by atoms with E-state index in [1.165, 1.54) is 0 Å². The van der Waals surface area contributed by atoms with Gasteiger partial charge in [0.2, 0.25) is 13.6 Å². The third kappa shape index (κ3) is 3.36. The number of fused-ring (bicyclic) bond motifs is 2. The summed E-state index contributed by atoms with van der Waals surface area (Å²) < 4.78 is 21.9. The number of hydrazone groups is 1. The third-order valence-electron chi connectivity index (χ3n) is 5.60. The highest BCUT2D eigenvalue weighted by Gasteiger charge is 2.29. The summed E-state index contributed by atoms with van der Waals surface area (Å²) in [4.78, 5) is 0. The molecule has 0 saturated carbocycles. The SMILES string of the molecule is C(=C\c1ccc2c(c1)OCO2)/C1=NN(c2ccccc2)C(c2ccc3c(c2)OCO3)C1. The number of para-hydroxylation sites is 1. The second kappa shape index (κ2) is 7.40. The van der Waals surface area contributed by atoms with E-state index >= 15 is 0 Å². The fourth-order valence-corrected chi connectivity index (χ4v) is 4.04. The Kier molecular flexibility index (Phi) is 4.27. The first kappa shape index (κ1) is 17.9. The second-order valence-electron chi connectivity index (χ2n) is 7.55. The Morgan fingerprint density at radius 1 is 0.742 bits per heavy atom. The van der Waals surface area contributed by atoms with Crippen LogP contribution in [0.1, 0.15) is 23.6 Å². The summed E-state index contributed by atoms with van der Waals surface area (Å²) in [5.74, 6) is 3.14. The van der Waals surface area contributed by atoms with Gasteiger partial charge < -0.3 is 18.9 Å². The van der Waals surface area contributed by atoms with Crippen LogP contribution in [0.25, 0.3) is 6.08 Å². The van der Waals surface area contributed by atoms with Crippen LogP contribution < -0.4 is 24.0 Å². The van der Waals surface area contributed by atoms with Gasteiger partial charge in [-0.1, -0.05) is 36.4 Å². The first-order valence-electron chi connectivity index (χ1n) is 10.2. The van der Waals surface area contributed by atoms with Gasteiger partial charge in [0.15, 0.2) is 23.0 Å². The van der Waals surface area contributed by atoms with E-state index in [2.05, 4.69) is 41.4 Å². The van der Waals surface area contributed by atoms with Crippen LogP contribution in [0.3, 0.4) is 0 Å². The zero-order valence-corrected chi connectivity index (χ0v) is 16.7. The average molecular weight is 412 g/mol. The van der Waals surface area contributed by atoms with Crippen molar-refractivity contribution in [1.29, 1.82) is 0 Å². The maximum atomic E-state index is 5.59. The van der Waals surface area contributed by atoms with Gasteiger partial charge in [0.05, 0.1) is 17.4 Å². The predicted octanol–water partition coefficient (Wildman–Crippen LogP) is 5.16. The fraction of sp³-hybridized carbons (Fsp3) is 0.160. The zero-order chi connectivity index (χ0) is 20.6. The van der Waals surface area contributed by atoms with Gasteiger partial charge in [-0.05, 0) is 53.6 Å². The molecule has 1 atom stereocenters. The van der Waals surface area contributed by atoms with Crippen LogP contribution in [0.4, 0.5) is 5.69 Å². The molecule has 31 heavy (non-hydrogen) atoms. The molecular weight excluding hydrogens is 392 g/mol. The van der Waals surface area contributed by atoms with Crippen LogP contribution in [0, 0.1) is 0 Å². The first-order chi connectivity index (χ1) is 15.3. The topological polar surface area (TPSA) is 52.5 Å². The van der Waals surface area contributed by atoms with Crippen molar-refractivity contribution in [2.24, 2.45) is 5.10 Å². The molecule has 1 unspecified atom stereocenters. The number of rotatable bonds is 4. The Morgan fingerprint density at radius 3 is 2.26 bits per heavy atom. The summed E-state index contributed by atoms with van der Waals surface area (Å²) in [6, 6.07) is 22.4. The van der Waals surface area contributed by atoms with E-state index in [-0.39, 0.29) is 19.6 Å². The largest absolute Gasteiger partial charge is 0.454 e. The molecule has 3 aromatic carbocycles. The molecule has 3 aliphatic rings. The van der Waals surface area contributed by atoms with Crippen molar-refractivity contribution < 1.29 is 18.9 Å². The van der Waals surface area contributed by atoms with Gasteiger partial charge in [-0.2, -0.15) is 5.10 Å². The minimum atomic E-state index is 0.0771. The highest BCUT2D eigenvalue weighted by Crippen LogP contribution is 2.40. The van der Waals surface area contributed by atoms with Crippen molar-refractivity contribution in [2.75, 3.05) is 18.6 Å². The minimum absolute atomic E-state index is 0.0771. The summed E-state index contributed by atoms with van der Waals surface area (Å²) >= 11 is 0. The van der Waals surface area contributed by atoms with E-state index in [0.29, 0.717) is 0 Å². The molecule has 154 valence electrons. The van der Waals surface area contributed by atoms with Gasteiger partial charge in [0.1, 0.15) is 0 Å². The Morgan fingerprint density at radius 2 is 1.45 bits per heavy atom. The Labute approximate surface area is 179 Å². The number of benzene rings is 3. The van der Waals surface area contributed by atoms with Gasteiger partial charge in [-0.3, -0.25) is 5.01 Å². The molecule has 0 fully saturated rings. The number of ether oxygens (including phenoxy) is 4.